The van der Waals surface area contributed by atoms with Crippen LogP contribution in [0.3, 0.4) is 0 Å². The molecule has 3 heterocycles. The number of nitrogens with zero attached hydrogens (tertiary/aromatic N) is 5. The minimum absolute atomic E-state index is 0.0152. The number of amides is 1. The molecule has 2 aromatic heterocycles. The van der Waals surface area contributed by atoms with E-state index in [0.29, 0.717) is 5.65 Å². The number of fused-ring (bicyclic) bond motifs is 1. The summed E-state index contributed by atoms with van der Waals surface area (Å²) in [6, 6.07) is 21.6. The molecule has 0 aliphatic carbocycles. The van der Waals surface area contributed by atoms with Crippen LogP contribution < -0.4 is 10.2 Å². The Morgan fingerprint density at radius 2 is 1.81 bits per heavy atom. The van der Waals surface area contributed by atoms with Crippen molar-refractivity contribution in [3.63, 3.8) is 0 Å². The molecule has 1 fully saturated rings. The van der Waals surface area contributed by atoms with Crippen LogP contribution in [-0.2, 0) is 0 Å². The van der Waals surface area contributed by atoms with Crippen molar-refractivity contribution in [2.45, 2.75) is 25.8 Å². The van der Waals surface area contributed by atoms with Gasteiger partial charge in [0.25, 0.3) is 5.91 Å². The number of nitrogens with one attached hydrogen (secondary N) is 1. The molecule has 1 amide bonds. The van der Waals surface area contributed by atoms with E-state index in [0.717, 1.165) is 54.3 Å². The number of piperidine rings is 1. The zero-order valence-corrected chi connectivity index (χ0v) is 17.4. The molecule has 1 atom stereocenters. The van der Waals surface area contributed by atoms with Gasteiger partial charge >= 0.3 is 0 Å². The average molecular weight is 412 g/mol. The van der Waals surface area contributed by atoms with Gasteiger partial charge in [-0.05, 0) is 43.5 Å². The highest BCUT2D eigenvalue weighted by atomic mass is 16.1. The summed E-state index contributed by atoms with van der Waals surface area (Å²) in [6.07, 6.45) is 1.95. The van der Waals surface area contributed by atoms with Crippen LogP contribution in [0.4, 0.5) is 5.82 Å². The highest BCUT2D eigenvalue weighted by molar-refractivity contribution is 5.95. The van der Waals surface area contributed by atoms with Gasteiger partial charge in [0.2, 0.25) is 0 Å². The molecule has 0 saturated carbocycles. The molecule has 1 aliphatic heterocycles. The van der Waals surface area contributed by atoms with Crippen LogP contribution >= 0.6 is 0 Å². The number of aromatic nitrogens is 4. The number of anilines is 1. The van der Waals surface area contributed by atoms with E-state index >= 15 is 0 Å². The first-order valence-corrected chi connectivity index (χ1v) is 10.6. The molecule has 1 unspecified atom stereocenters. The van der Waals surface area contributed by atoms with Crippen molar-refractivity contribution < 1.29 is 4.79 Å². The van der Waals surface area contributed by atoms with Gasteiger partial charge in [-0.25, -0.2) is 0 Å². The molecular weight excluding hydrogens is 388 g/mol. The van der Waals surface area contributed by atoms with E-state index in [2.05, 4.69) is 20.4 Å². The number of rotatable bonds is 4. The highest BCUT2D eigenvalue weighted by Gasteiger charge is 2.24. The molecule has 7 nitrogen and oxygen atoms in total. The van der Waals surface area contributed by atoms with Crippen LogP contribution in [0.25, 0.3) is 17.0 Å². The second-order valence-electron chi connectivity index (χ2n) is 7.92. The Bertz CT molecular complexity index is 1220. The molecule has 0 spiro atoms. The van der Waals surface area contributed by atoms with Crippen LogP contribution in [0.5, 0.6) is 0 Å². The second-order valence-corrected chi connectivity index (χ2v) is 7.92. The topological polar surface area (TPSA) is 75.4 Å². The number of carbonyl (C=O) groups excluding carboxylic acids is 1. The minimum Gasteiger partial charge on any atom is -0.353 e. The summed E-state index contributed by atoms with van der Waals surface area (Å²) in [6.45, 7) is 3.58. The van der Waals surface area contributed by atoms with Gasteiger partial charge in [-0.1, -0.05) is 48.5 Å². The van der Waals surface area contributed by atoms with Crippen LogP contribution in [0.15, 0.2) is 66.7 Å². The van der Waals surface area contributed by atoms with Crippen molar-refractivity contribution in [2.24, 2.45) is 0 Å². The summed E-state index contributed by atoms with van der Waals surface area (Å²) in [4.78, 5) is 15.0. The van der Waals surface area contributed by atoms with E-state index in [1.165, 1.54) is 0 Å². The van der Waals surface area contributed by atoms with Crippen molar-refractivity contribution in [3.8, 4) is 11.4 Å². The Morgan fingerprint density at radius 3 is 2.65 bits per heavy atom. The minimum atomic E-state index is -0.0152. The van der Waals surface area contributed by atoms with E-state index in [4.69, 9.17) is 5.10 Å². The fourth-order valence-electron chi connectivity index (χ4n) is 4.11. The quantitative estimate of drug-likeness (QED) is 0.555. The maximum absolute atomic E-state index is 12.8. The number of hydrogen-bond donors (Lipinski definition) is 1. The molecule has 156 valence electrons. The zero-order valence-electron chi connectivity index (χ0n) is 17.4. The average Bonchev–Trinajstić information content (AvgIpc) is 3.23. The van der Waals surface area contributed by atoms with Crippen molar-refractivity contribution in [1.29, 1.82) is 0 Å². The predicted molar refractivity (Wildman–Crippen MR) is 120 cm³/mol. The van der Waals surface area contributed by atoms with Gasteiger partial charge in [-0.2, -0.15) is 4.52 Å². The normalized spacial score (nSPS) is 16.4. The van der Waals surface area contributed by atoms with Crippen molar-refractivity contribution >= 4 is 17.4 Å². The summed E-state index contributed by atoms with van der Waals surface area (Å²) < 4.78 is 1.79. The first-order valence-electron chi connectivity index (χ1n) is 10.6. The third-order valence-corrected chi connectivity index (χ3v) is 5.75. The summed E-state index contributed by atoms with van der Waals surface area (Å²) in [5.74, 6) is 1.57. The second kappa shape index (κ2) is 8.18. The maximum Gasteiger partial charge on any atom is 0.251 e. The lowest BCUT2D eigenvalue weighted by atomic mass is 10.0. The summed E-state index contributed by atoms with van der Waals surface area (Å²) >= 11 is 0. The summed E-state index contributed by atoms with van der Waals surface area (Å²) in [7, 11) is 0. The maximum atomic E-state index is 12.8. The van der Waals surface area contributed by atoms with Crippen LogP contribution in [0, 0.1) is 6.92 Å². The standard InChI is InChI=1S/C24H24N6O/c1-17-8-5-6-12-20(17)24(31)25-19-11-7-15-29(16-19)22-14-13-21-26-27-23(30(21)28-22)18-9-3-2-4-10-18/h2-6,8-10,12-14,19H,7,11,15-16H2,1H3,(H,25,31). The van der Waals surface area contributed by atoms with Gasteiger partial charge in [-0.15, -0.1) is 15.3 Å². The molecule has 2 aromatic carbocycles. The molecule has 1 aliphatic rings. The fraction of sp³-hybridized carbons (Fsp3) is 0.250. The van der Waals surface area contributed by atoms with E-state index in [-0.39, 0.29) is 11.9 Å². The SMILES string of the molecule is Cc1ccccc1C(=O)NC1CCCN(c2ccc3nnc(-c4ccccc4)n3n2)C1. The van der Waals surface area contributed by atoms with E-state index in [1.54, 1.807) is 4.52 Å². The van der Waals surface area contributed by atoms with Gasteiger partial charge < -0.3 is 10.2 Å². The number of benzene rings is 2. The fourth-order valence-corrected chi connectivity index (χ4v) is 4.11. The summed E-state index contributed by atoms with van der Waals surface area (Å²) in [5, 5.41) is 16.6. The number of hydrogen-bond acceptors (Lipinski definition) is 5. The van der Waals surface area contributed by atoms with Gasteiger partial charge in [0.1, 0.15) is 5.82 Å². The van der Waals surface area contributed by atoms with E-state index in [9.17, 15) is 4.79 Å². The van der Waals surface area contributed by atoms with E-state index < -0.39 is 0 Å². The van der Waals surface area contributed by atoms with Gasteiger partial charge in [0.15, 0.2) is 11.5 Å². The Balaban J connectivity index is 1.36. The lowest BCUT2D eigenvalue weighted by molar-refractivity contribution is 0.0932. The number of carbonyl (C=O) groups is 1. The molecule has 0 radical (unpaired) electrons. The van der Waals surface area contributed by atoms with Crippen LogP contribution in [0.1, 0.15) is 28.8 Å². The molecule has 0 bridgehead atoms. The first-order chi connectivity index (χ1) is 15.2. The Hall–Kier alpha value is -3.74. The molecule has 4 aromatic rings. The largest absolute Gasteiger partial charge is 0.353 e. The smallest absolute Gasteiger partial charge is 0.251 e. The molecule has 5 rings (SSSR count). The highest BCUT2D eigenvalue weighted by Crippen LogP contribution is 2.22. The molecule has 31 heavy (non-hydrogen) atoms. The van der Waals surface area contributed by atoms with Crippen molar-refractivity contribution in [3.05, 3.63) is 77.9 Å². The van der Waals surface area contributed by atoms with Crippen molar-refractivity contribution in [2.75, 3.05) is 18.0 Å². The molecule has 1 N–H and O–H groups in total. The van der Waals surface area contributed by atoms with Gasteiger partial charge in [0.05, 0.1) is 0 Å². The van der Waals surface area contributed by atoms with E-state index in [1.807, 2.05) is 73.7 Å². The first kappa shape index (κ1) is 19.2. The van der Waals surface area contributed by atoms with Crippen molar-refractivity contribution in [1.82, 2.24) is 25.1 Å². The number of aryl methyl sites for hydroxylation is 1. The Morgan fingerprint density at radius 1 is 1.00 bits per heavy atom. The summed E-state index contributed by atoms with van der Waals surface area (Å²) in [5.41, 5.74) is 3.41. The third-order valence-electron chi connectivity index (χ3n) is 5.75. The third kappa shape index (κ3) is 3.86. The monoisotopic (exact) mass is 412 g/mol. The zero-order chi connectivity index (χ0) is 21.2. The molecule has 7 heteroatoms. The van der Waals surface area contributed by atoms with Crippen LogP contribution in [0.2, 0.25) is 0 Å². The van der Waals surface area contributed by atoms with Gasteiger partial charge in [-0.3, -0.25) is 4.79 Å². The van der Waals surface area contributed by atoms with Gasteiger partial charge in [0, 0.05) is 30.3 Å². The molecular formula is C24H24N6O. The lowest BCUT2D eigenvalue weighted by Crippen LogP contribution is -2.48. The lowest BCUT2D eigenvalue weighted by Gasteiger charge is -2.34. The predicted octanol–water partition coefficient (Wildman–Crippen LogP) is 3.50. The van der Waals surface area contributed by atoms with Crippen LogP contribution in [-0.4, -0.2) is 44.8 Å². The molecule has 1 saturated heterocycles. The Kier molecular flexibility index (Phi) is 5.08. The Labute approximate surface area is 180 Å².